The molecule has 0 fully saturated rings. The van der Waals surface area contributed by atoms with Gasteiger partial charge in [0.15, 0.2) is 22.3 Å². The lowest BCUT2D eigenvalue weighted by Gasteiger charge is -2.19. The second-order valence-corrected chi connectivity index (χ2v) is 7.71. The van der Waals surface area contributed by atoms with E-state index in [1.54, 1.807) is 25.4 Å². The molecule has 0 saturated carbocycles. The maximum Gasteiger partial charge on any atom is 0.281 e. The molecule has 1 aliphatic heterocycles. The highest BCUT2D eigenvalue weighted by Crippen LogP contribution is 2.27. The number of nitriles is 1. The standard InChI is InChI=1S/C21H17N5O3S/c1-26-18-16(8-5-9-23-18)29-12-15(21(26)28)24-19(27)20-25-14(11-22)17(30-20)10-13-6-3-2-4-7-13/h2-9,15H,10,12H2,1H3,(H,24,27)/t15-/m0/s1. The molecule has 2 aromatic heterocycles. The Morgan fingerprint density at radius 2 is 2.13 bits per heavy atom. The van der Waals surface area contributed by atoms with Gasteiger partial charge < -0.3 is 10.1 Å². The summed E-state index contributed by atoms with van der Waals surface area (Å²) in [5.41, 5.74) is 1.23. The summed E-state index contributed by atoms with van der Waals surface area (Å²) in [5.74, 6) is -0.00544. The van der Waals surface area contributed by atoms with Crippen LogP contribution in [0.2, 0.25) is 0 Å². The molecule has 0 spiro atoms. The number of thiazole rings is 1. The molecule has 9 heteroatoms. The van der Waals surface area contributed by atoms with E-state index >= 15 is 0 Å². The van der Waals surface area contributed by atoms with Gasteiger partial charge in [-0.2, -0.15) is 5.26 Å². The fourth-order valence-electron chi connectivity index (χ4n) is 3.09. The Kier molecular flexibility index (Phi) is 5.41. The number of nitrogens with one attached hydrogen (secondary N) is 1. The number of carbonyl (C=O) groups excluding carboxylic acids is 2. The number of benzene rings is 1. The highest BCUT2D eigenvalue weighted by molar-refractivity contribution is 7.13. The number of rotatable bonds is 4. The fraction of sp³-hybridized carbons (Fsp3) is 0.190. The number of ether oxygens (including phenoxy) is 1. The quantitative estimate of drug-likeness (QED) is 0.694. The normalized spacial score (nSPS) is 15.5. The van der Waals surface area contributed by atoms with Gasteiger partial charge >= 0.3 is 0 Å². The number of nitrogens with zero attached hydrogens (tertiary/aromatic N) is 4. The maximum absolute atomic E-state index is 12.8. The molecule has 0 unspecified atom stereocenters. The first-order valence-electron chi connectivity index (χ1n) is 9.17. The predicted octanol–water partition coefficient (Wildman–Crippen LogP) is 2.15. The molecule has 1 aromatic carbocycles. The van der Waals surface area contributed by atoms with Crippen molar-refractivity contribution < 1.29 is 14.3 Å². The molecule has 0 saturated heterocycles. The zero-order valence-corrected chi connectivity index (χ0v) is 16.8. The number of hydrogen-bond acceptors (Lipinski definition) is 7. The van der Waals surface area contributed by atoms with E-state index in [4.69, 9.17) is 4.74 Å². The first kappa shape index (κ1) is 19.5. The summed E-state index contributed by atoms with van der Waals surface area (Å²) >= 11 is 1.15. The molecule has 4 rings (SSSR count). The van der Waals surface area contributed by atoms with Crippen LogP contribution in [0.25, 0.3) is 0 Å². The van der Waals surface area contributed by atoms with Crippen LogP contribution in [0.3, 0.4) is 0 Å². The van der Waals surface area contributed by atoms with Gasteiger partial charge in [-0.05, 0) is 17.7 Å². The number of pyridine rings is 1. The molecule has 1 aliphatic rings. The summed E-state index contributed by atoms with van der Waals surface area (Å²) in [6.07, 6.45) is 2.07. The van der Waals surface area contributed by atoms with Gasteiger partial charge in [-0.1, -0.05) is 30.3 Å². The number of fused-ring (bicyclic) bond motifs is 1. The Morgan fingerprint density at radius 3 is 2.90 bits per heavy atom. The van der Waals surface area contributed by atoms with Crippen LogP contribution in [0, 0.1) is 11.3 Å². The summed E-state index contributed by atoms with van der Waals surface area (Å²) in [7, 11) is 1.58. The fourth-order valence-corrected chi connectivity index (χ4v) is 4.04. The van der Waals surface area contributed by atoms with Crippen LogP contribution in [-0.2, 0) is 11.2 Å². The molecular weight excluding hydrogens is 402 g/mol. The predicted molar refractivity (Wildman–Crippen MR) is 110 cm³/mol. The van der Waals surface area contributed by atoms with E-state index in [0.29, 0.717) is 22.9 Å². The molecule has 1 N–H and O–H groups in total. The Hall–Kier alpha value is -3.77. The second-order valence-electron chi connectivity index (χ2n) is 6.62. The number of amides is 2. The summed E-state index contributed by atoms with van der Waals surface area (Å²) < 4.78 is 5.66. The molecule has 3 heterocycles. The Balaban J connectivity index is 1.52. The summed E-state index contributed by atoms with van der Waals surface area (Å²) in [6.45, 7) is -0.0268. The van der Waals surface area contributed by atoms with Crippen molar-refractivity contribution in [2.45, 2.75) is 12.5 Å². The Bertz CT molecular complexity index is 1140. The van der Waals surface area contributed by atoms with E-state index in [-0.39, 0.29) is 23.2 Å². The Labute approximate surface area is 176 Å². The molecule has 8 nitrogen and oxygen atoms in total. The lowest BCUT2D eigenvalue weighted by Crippen LogP contribution is -2.49. The van der Waals surface area contributed by atoms with Gasteiger partial charge in [0, 0.05) is 24.5 Å². The minimum absolute atomic E-state index is 0.0268. The largest absolute Gasteiger partial charge is 0.487 e. The molecule has 2 amide bonds. The van der Waals surface area contributed by atoms with Gasteiger partial charge in [-0.15, -0.1) is 11.3 Å². The monoisotopic (exact) mass is 419 g/mol. The highest BCUT2D eigenvalue weighted by atomic mass is 32.1. The average Bonchev–Trinajstić information content (AvgIpc) is 3.14. The third-order valence-corrected chi connectivity index (χ3v) is 5.67. The van der Waals surface area contributed by atoms with Crippen molar-refractivity contribution >= 4 is 29.0 Å². The van der Waals surface area contributed by atoms with Gasteiger partial charge in [-0.3, -0.25) is 14.5 Å². The molecule has 30 heavy (non-hydrogen) atoms. The SMILES string of the molecule is CN1C(=O)[C@@H](NC(=O)c2nc(C#N)c(Cc3ccccc3)s2)COc2cccnc21. The lowest BCUT2D eigenvalue weighted by molar-refractivity contribution is -0.120. The van der Waals surface area contributed by atoms with Crippen molar-refractivity contribution in [1.82, 2.24) is 15.3 Å². The summed E-state index contributed by atoms with van der Waals surface area (Å²) in [6, 6.07) is 14.2. The van der Waals surface area contributed by atoms with Crippen LogP contribution in [0.5, 0.6) is 5.75 Å². The molecule has 0 bridgehead atoms. The van der Waals surface area contributed by atoms with Crippen LogP contribution < -0.4 is 15.0 Å². The minimum atomic E-state index is -0.899. The third kappa shape index (κ3) is 3.86. The Morgan fingerprint density at radius 1 is 1.33 bits per heavy atom. The van der Waals surface area contributed by atoms with E-state index in [9.17, 15) is 14.9 Å². The molecular formula is C21H17N5O3S. The van der Waals surface area contributed by atoms with Crippen molar-refractivity contribution in [3.63, 3.8) is 0 Å². The third-order valence-electron chi connectivity index (χ3n) is 4.61. The van der Waals surface area contributed by atoms with Crippen LogP contribution in [-0.4, -0.2) is 41.5 Å². The van der Waals surface area contributed by atoms with E-state index in [0.717, 1.165) is 16.9 Å². The number of carbonyl (C=O) groups is 2. The van der Waals surface area contributed by atoms with Crippen LogP contribution in [0.4, 0.5) is 5.82 Å². The number of anilines is 1. The van der Waals surface area contributed by atoms with E-state index < -0.39 is 11.9 Å². The topological polar surface area (TPSA) is 108 Å². The number of likely N-dealkylation sites (N-methyl/N-ethyl adjacent to an activating group) is 1. The number of aromatic nitrogens is 2. The highest BCUT2D eigenvalue weighted by Gasteiger charge is 2.32. The van der Waals surface area contributed by atoms with Crippen LogP contribution >= 0.6 is 11.3 Å². The second kappa shape index (κ2) is 8.31. The number of hydrogen-bond donors (Lipinski definition) is 1. The van der Waals surface area contributed by atoms with Crippen LogP contribution in [0.1, 0.15) is 25.9 Å². The molecule has 3 aromatic rings. The molecule has 150 valence electrons. The van der Waals surface area contributed by atoms with Crippen molar-refractivity contribution in [2.75, 3.05) is 18.6 Å². The zero-order chi connectivity index (χ0) is 21.1. The first-order valence-corrected chi connectivity index (χ1v) is 9.98. The van der Waals surface area contributed by atoms with Crippen molar-refractivity contribution in [3.8, 4) is 11.8 Å². The smallest absolute Gasteiger partial charge is 0.281 e. The summed E-state index contributed by atoms with van der Waals surface area (Å²) in [4.78, 5) is 35.9. The van der Waals surface area contributed by atoms with Gasteiger partial charge in [0.05, 0.1) is 0 Å². The van der Waals surface area contributed by atoms with E-state index in [2.05, 4.69) is 15.3 Å². The van der Waals surface area contributed by atoms with E-state index in [1.165, 1.54) is 4.90 Å². The molecule has 1 atom stereocenters. The van der Waals surface area contributed by atoms with Crippen molar-refractivity contribution in [2.24, 2.45) is 0 Å². The van der Waals surface area contributed by atoms with Crippen LogP contribution in [0.15, 0.2) is 48.7 Å². The maximum atomic E-state index is 12.8. The van der Waals surface area contributed by atoms with E-state index in [1.807, 2.05) is 36.4 Å². The summed E-state index contributed by atoms with van der Waals surface area (Å²) in [5, 5.41) is 12.2. The average molecular weight is 419 g/mol. The first-order chi connectivity index (χ1) is 14.6. The minimum Gasteiger partial charge on any atom is -0.487 e. The van der Waals surface area contributed by atoms with Gasteiger partial charge in [0.25, 0.3) is 11.8 Å². The van der Waals surface area contributed by atoms with Crippen molar-refractivity contribution in [1.29, 1.82) is 5.26 Å². The molecule has 0 radical (unpaired) electrons. The zero-order valence-electron chi connectivity index (χ0n) is 16.0. The molecule has 0 aliphatic carbocycles. The van der Waals surface area contributed by atoms with Gasteiger partial charge in [0.1, 0.15) is 18.7 Å². The van der Waals surface area contributed by atoms with Gasteiger partial charge in [-0.25, -0.2) is 9.97 Å². The van der Waals surface area contributed by atoms with Gasteiger partial charge in [0.2, 0.25) is 0 Å². The lowest BCUT2D eigenvalue weighted by atomic mass is 10.1. The van der Waals surface area contributed by atoms with Crippen molar-refractivity contribution in [3.05, 3.63) is 69.8 Å².